The molecule has 88 valence electrons. The van der Waals surface area contributed by atoms with E-state index in [1.54, 1.807) is 22.9 Å². The molecule has 0 aliphatic carbocycles. The summed E-state index contributed by atoms with van der Waals surface area (Å²) in [6.07, 6.45) is 1.73. The van der Waals surface area contributed by atoms with Crippen LogP contribution >= 0.6 is 11.6 Å². The van der Waals surface area contributed by atoms with E-state index in [0.29, 0.717) is 5.02 Å². The summed E-state index contributed by atoms with van der Waals surface area (Å²) in [5, 5.41) is 3.49. The van der Waals surface area contributed by atoms with Crippen molar-refractivity contribution in [3.8, 4) is 0 Å². The minimum absolute atomic E-state index is 0.0206. The molecule has 0 spiro atoms. The first kappa shape index (κ1) is 11.5. The number of urea groups is 1. The Bertz CT molecular complexity index is 591. The van der Waals surface area contributed by atoms with Gasteiger partial charge in [-0.05, 0) is 18.2 Å². The Balaban J connectivity index is 2.28. The van der Waals surface area contributed by atoms with Crippen LogP contribution in [0.4, 0.5) is 4.79 Å². The van der Waals surface area contributed by atoms with E-state index >= 15 is 0 Å². The third-order valence-corrected chi connectivity index (χ3v) is 2.67. The van der Waals surface area contributed by atoms with Crippen molar-refractivity contribution in [1.82, 2.24) is 9.88 Å². The van der Waals surface area contributed by atoms with Crippen LogP contribution in [0.15, 0.2) is 30.5 Å². The SMILES string of the molecule is NC(=O)NC(=O)Cn1ccc2c(Cl)cccc21. The van der Waals surface area contributed by atoms with E-state index in [0.717, 1.165) is 10.9 Å². The van der Waals surface area contributed by atoms with Crippen LogP contribution in [0, 0.1) is 0 Å². The van der Waals surface area contributed by atoms with Gasteiger partial charge in [0.15, 0.2) is 0 Å². The Kier molecular flexibility index (Phi) is 3.01. The summed E-state index contributed by atoms with van der Waals surface area (Å²) in [5.74, 6) is -0.463. The molecule has 2 aromatic rings. The predicted octanol–water partition coefficient (Wildman–Crippen LogP) is 1.49. The highest BCUT2D eigenvalue weighted by Gasteiger charge is 2.08. The minimum atomic E-state index is -0.857. The number of fused-ring (bicyclic) bond motifs is 1. The highest BCUT2D eigenvalue weighted by molar-refractivity contribution is 6.35. The molecular formula is C11H10ClN3O2. The van der Waals surface area contributed by atoms with Crippen molar-refractivity contribution in [2.45, 2.75) is 6.54 Å². The summed E-state index contributed by atoms with van der Waals surface area (Å²) in [7, 11) is 0. The number of hydrogen-bond acceptors (Lipinski definition) is 2. The van der Waals surface area contributed by atoms with Crippen molar-refractivity contribution in [3.05, 3.63) is 35.5 Å². The Morgan fingerprint density at radius 1 is 1.35 bits per heavy atom. The summed E-state index contributed by atoms with van der Waals surface area (Å²) >= 11 is 6.00. The Morgan fingerprint density at radius 2 is 2.12 bits per heavy atom. The molecule has 0 unspecified atom stereocenters. The zero-order valence-corrected chi connectivity index (χ0v) is 9.57. The van der Waals surface area contributed by atoms with Gasteiger partial charge < -0.3 is 10.3 Å². The maximum Gasteiger partial charge on any atom is 0.318 e. The number of nitrogens with two attached hydrogens (primary N) is 1. The zero-order valence-electron chi connectivity index (χ0n) is 8.81. The molecule has 5 nitrogen and oxygen atoms in total. The fourth-order valence-corrected chi connectivity index (χ4v) is 1.89. The van der Waals surface area contributed by atoms with Crippen molar-refractivity contribution >= 4 is 34.4 Å². The number of halogens is 1. The van der Waals surface area contributed by atoms with Gasteiger partial charge in [-0.2, -0.15) is 0 Å². The Morgan fingerprint density at radius 3 is 2.82 bits per heavy atom. The summed E-state index contributed by atoms with van der Waals surface area (Å²) in [6, 6.07) is 6.38. The number of aromatic nitrogens is 1. The molecule has 1 aromatic heterocycles. The van der Waals surface area contributed by atoms with Crippen LogP contribution in [0.2, 0.25) is 5.02 Å². The third-order valence-electron chi connectivity index (χ3n) is 2.34. The van der Waals surface area contributed by atoms with Crippen LogP contribution in [0.1, 0.15) is 0 Å². The lowest BCUT2D eigenvalue weighted by Crippen LogP contribution is -2.37. The predicted molar refractivity (Wildman–Crippen MR) is 64.7 cm³/mol. The van der Waals surface area contributed by atoms with Crippen molar-refractivity contribution in [2.24, 2.45) is 5.73 Å². The first-order chi connectivity index (χ1) is 8.08. The number of carbonyl (C=O) groups is 2. The van der Waals surface area contributed by atoms with Gasteiger partial charge >= 0.3 is 6.03 Å². The van der Waals surface area contributed by atoms with Crippen molar-refractivity contribution in [3.63, 3.8) is 0 Å². The van der Waals surface area contributed by atoms with Crippen molar-refractivity contribution < 1.29 is 9.59 Å². The fourth-order valence-electron chi connectivity index (χ4n) is 1.66. The molecule has 0 radical (unpaired) electrons. The van der Waals surface area contributed by atoms with Gasteiger partial charge in [-0.15, -0.1) is 0 Å². The van der Waals surface area contributed by atoms with Crippen LogP contribution in [0.5, 0.6) is 0 Å². The second-order valence-corrected chi connectivity index (χ2v) is 3.94. The van der Waals surface area contributed by atoms with Crippen LogP contribution in [0.3, 0.4) is 0 Å². The highest BCUT2D eigenvalue weighted by Crippen LogP contribution is 2.23. The zero-order chi connectivity index (χ0) is 12.4. The second kappa shape index (κ2) is 4.47. The van der Waals surface area contributed by atoms with Gasteiger partial charge in [-0.3, -0.25) is 10.1 Å². The molecular weight excluding hydrogens is 242 g/mol. The molecule has 3 N–H and O–H groups in total. The van der Waals surface area contributed by atoms with Gasteiger partial charge in [0.25, 0.3) is 0 Å². The van der Waals surface area contributed by atoms with Gasteiger partial charge in [0.05, 0.1) is 0 Å². The van der Waals surface area contributed by atoms with Gasteiger partial charge in [0.1, 0.15) is 6.54 Å². The molecule has 2 rings (SSSR count). The molecule has 0 bridgehead atoms. The molecule has 0 fully saturated rings. The van der Waals surface area contributed by atoms with Crippen LogP contribution in [-0.2, 0) is 11.3 Å². The molecule has 17 heavy (non-hydrogen) atoms. The van der Waals surface area contributed by atoms with E-state index in [9.17, 15) is 9.59 Å². The Labute approximate surface area is 102 Å². The van der Waals surface area contributed by atoms with Crippen LogP contribution in [0.25, 0.3) is 10.9 Å². The monoisotopic (exact) mass is 251 g/mol. The van der Waals surface area contributed by atoms with Crippen molar-refractivity contribution in [1.29, 1.82) is 0 Å². The number of primary amides is 1. The van der Waals surface area contributed by atoms with Gasteiger partial charge in [-0.1, -0.05) is 17.7 Å². The normalized spacial score (nSPS) is 10.4. The number of rotatable bonds is 2. The van der Waals surface area contributed by atoms with Crippen LogP contribution < -0.4 is 11.1 Å². The number of hydrogen-bond donors (Lipinski definition) is 2. The third kappa shape index (κ3) is 2.39. The number of benzene rings is 1. The topological polar surface area (TPSA) is 77.1 Å². The van der Waals surface area contributed by atoms with E-state index in [1.807, 2.05) is 17.4 Å². The van der Waals surface area contributed by atoms with E-state index in [4.69, 9.17) is 17.3 Å². The number of amides is 3. The maximum absolute atomic E-state index is 11.4. The molecule has 1 aromatic carbocycles. The number of imide groups is 1. The molecule has 0 saturated carbocycles. The Hall–Kier alpha value is -2.01. The highest BCUT2D eigenvalue weighted by atomic mass is 35.5. The quantitative estimate of drug-likeness (QED) is 0.848. The largest absolute Gasteiger partial charge is 0.351 e. The van der Waals surface area contributed by atoms with Gasteiger partial charge in [-0.25, -0.2) is 4.79 Å². The van der Waals surface area contributed by atoms with E-state index < -0.39 is 11.9 Å². The lowest BCUT2D eigenvalue weighted by molar-refractivity contribution is -0.120. The second-order valence-electron chi connectivity index (χ2n) is 3.53. The molecule has 0 saturated heterocycles. The average Bonchev–Trinajstić information content (AvgIpc) is 2.62. The fraction of sp³-hybridized carbons (Fsp3) is 0.0909. The molecule has 6 heteroatoms. The summed E-state index contributed by atoms with van der Waals surface area (Å²) in [6.45, 7) is 0.0206. The molecule has 0 atom stereocenters. The maximum atomic E-state index is 11.4. The first-order valence-corrected chi connectivity index (χ1v) is 5.28. The number of nitrogens with one attached hydrogen (secondary N) is 1. The van der Waals surface area contributed by atoms with E-state index in [1.165, 1.54) is 0 Å². The summed E-state index contributed by atoms with van der Waals surface area (Å²) in [5.41, 5.74) is 5.69. The van der Waals surface area contributed by atoms with Gasteiger partial charge in [0.2, 0.25) is 5.91 Å². The standard InChI is InChI=1S/C11H10ClN3O2/c12-8-2-1-3-9-7(8)4-5-15(9)6-10(16)14-11(13)17/h1-5H,6H2,(H3,13,14,16,17). The summed E-state index contributed by atoms with van der Waals surface area (Å²) in [4.78, 5) is 21.9. The number of nitrogens with zero attached hydrogens (tertiary/aromatic N) is 1. The molecule has 3 amide bonds. The smallest absolute Gasteiger partial charge is 0.318 e. The first-order valence-electron chi connectivity index (χ1n) is 4.90. The van der Waals surface area contributed by atoms with Crippen LogP contribution in [-0.4, -0.2) is 16.5 Å². The molecule has 0 aliphatic rings. The van der Waals surface area contributed by atoms with E-state index in [2.05, 4.69) is 0 Å². The minimum Gasteiger partial charge on any atom is -0.351 e. The lowest BCUT2D eigenvalue weighted by atomic mass is 10.2. The number of carbonyl (C=O) groups excluding carboxylic acids is 2. The average molecular weight is 252 g/mol. The van der Waals surface area contributed by atoms with Gasteiger partial charge in [0, 0.05) is 22.1 Å². The lowest BCUT2D eigenvalue weighted by Gasteiger charge is -2.04. The van der Waals surface area contributed by atoms with Crippen molar-refractivity contribution in [2.75, 3.05) is 0 Å². The summed E-state index contributed by atoms with van der Waals surface area (Å²) < 4.78 is 1.69. The van der Waals surface area contributed by atoms with E-state index in [-0.39, 0.29) is 6.54 Å². The molecule has 0 aliphatic heterocycles. The molecule has 1 heterocycles.